The fourth-order valence-electron chi connectivity index (χ4n) is 2.35. The van der Waals surface area contributed by atoms with Gasteiger partial charge in [-0.05, 0) is 13.3 Å². The Hall–Kier alpha value is -1.12. The average Bonchev–Trinajstić information content (AvgIpc) is 2.69. The standard InChI is InChI=1S/C12H19ClN4O3S/c1-10(17-9-11(13)8-14-17)12(18)15-4-3-5-16(7-6-15)21(2,19)20/h8-10H,3-7H2,1-2H3/t10-/m1/s1. The Morgan fingerprint density at radius 2 is 2.05 bits per heavy atom. The molecule has 1 atom stereocenters. The molecule has 1 aromatic rings. The highest BCUT2D eigenvalue weighted by Crippen LogP contribution is 2.15. The molecule has 0 aliphatic carbocycles. The molecule has 1 amide bonds. The molecule has 2 rings (SSSR count). The van der Waals surface area contributed by atoms with Crippen molar-refractivity contribution in [3.8, 4) is 0 Å². The maximum Gasteiger partial charge on any atom is 0.247 e. The predicted molar refractivity (Wildman–Crippen MR) is 79.6 cm³/mol. The summed E-state index contributed by atoms with van der Waals surface area (Å²) in [4.78, 5) is 14.2. The van der Waals surface area contributed by atoms with Crippen LogP contribution in [0.15, 0.2) is 12.4 Å². The fourth-order valence-corrected chi connectivity index (χ4v) is 3.37. The van der Waals surface area contributed by atoms with E-state index in [0.717, 1.165) is 0 Å². The van der Waals surface area contributed by atoms with Gasteiger partial charge in [-0.15, -0.1) is 0 Å². The molecule has 7 nitrogen and oxygen atoms in total. The Morgan fingerprint density at radius 1 is 1.33 bits per heavy atom. The van der Waals surface area contributed by atoms with Crippen LogP contribution in [0.1, 0.15) is 19.4 Å². The largest absolute Gasteiger partial charge is 0.339 e. The van der Waals surface area contributed by atoms with Gasteiger partial charge in [0.15, 0.2) is 0 Å². The predicted octanol–water partition coefficient (Wildman–Crippen LogP) is 0.591. The number of nitrogens with zero attached hydrogens (tertiary/aromatic N) is 4. The van der Waals surface area contributed by atoms with Gasteiger partial charge in [0, 0.05) is 32.4 Å². The van der Waals surface area contributed by atoms with E-state index in [2.05, 4.69) is 5.10 Å². The number of amides is 1. The third-order valence-corrected chi connectivity index (χ3v) is 5.06. The normalized spacial score (nSPS) is 19.3. The minimum absolute atomic E-state index is 0.0786. The number of carbonyl (C=O) groups excluding carboxylic acids is 1. The van der Waals surface area contributed by atoms with Gasteiger partial charge in [0.05, 0.1) is 17.5 Å². The third-order valence-electron chi connectivity index (χ3n) is 3.56. The molecule has 0 N–H and O–H groups in total. The van der Waals surface area contributed by atoms with Gasteiger partial charge in [-0.25, -0.2) is 12.7 Å². The van der Waals surface area contributed by atoms with E-state index < -0.39 is 16.1 Å². The minimum atomic E-state index is -3.21. The summed E-state index contributed by atoms with van der Waals surface area (Å²) in [6.07, 6.45) is 4.91. The summed E-state index contributed by atoms with van der Waals surface area (Å²) in [6.45, 7) is 3.47. The average molecular weight is 335 g/mol. The molecule has 0 aromatic carbocycles. The van der Waals surface area contributed by atoms with Gasteiger partial charge in [-0.3, -0.25) is 9.48 Å². The smallest absolute Gasteiger partial charge is 0.247 e. The van der Waals surface area contributed by atoms with Crippen molar-refractivity contribution in [2.75, 3.05) is 32.4 Å². The number of hydrogen-bond acceptors (Lipinski definition) is 4. The maximum atomic E-state index is 12.5. The van der Waals surface area contributed by atoms with Crippen LogP contribution in [0.4, 0.5) is 0 Å². The Morgan fingerprint density at radius 3 is 2.62 bits per heavy atom. The Bertz CT molecular complexity index is 616. The third kappa shape index (κ3) is 3.96. The molecule has 0 bridgehead atoms. The lowest BCUT2D eigenvalue weighted by atomic mass is 10.2. The van der Waals surface area contributed by atoms with Crippen molar-refractivity contribution in [3.05, 3.63) is 17.4 Å². The summed E-state index contributed by atoms with van der Waals surface area (Å²) >= 11 is 5.81. The van der Waals surface area contributed by atoms with E-state index >= 15 is 0 Å². The lowest BCUT2D eigenvalue weighted by Gasteiger charge is -2.24. The van der Waals surface area contributed by atoms with Crippen LogP contribution in [0.2, 0.25) is 5.02 Å². The summed E-state index contributed by atoms with van der Waals surface area (Å²) in [5.41, 5.74) is 0. The monoisotopic (exact) mass is 334 g/mol. The fraction of sp³-hybridized carbons (Fsp3) is 0.667. The highest BCUT2D eigenvalue weighted by Gasteiger charge is 2.27. The van der Waals surface area contributed by atoms with E-state index in [0.29, 0.717) is 37.6 Å². The van der Waals surface area contributed by atoms with Crippen LogP contribution in [-0.2, 0) is 14.8 Å². The van der Waals surface area contributed by atoms with Crippen molar-refractivity contribution in [3.63, 3.8) is 0 Å². The molecule has 21 heavy (non-hydrogen) atoms. The second-order valence-corrected chi connectivity index (χ2v) is 7.57. The topological polar surface area (TPSA) is 75.5 Å². The lowest BCUT2D eigenvalue weighted by Crippen LogP contribution is -2.39. The van der Waals surface area contributed by atoms with Crippen molar-refractivity contribution < 1.29 is 13.2 Å². The molecule has 0 spiro atoms. The van der Waals surface area contributed by atoms with Crippen molar-refractivity contribution in [1.29, 1.82) is 0 Å². The molecule has 1 aliphatic rings. The first kappa shape index (κ1) is 16.3. The zero-order valence-corrected chi connectivity index (χ0v) is 13.6. The summed E-state index contributed by atoms with van der Waals surface area (Å²) in [5, 5.41) is 4.52. The van der Waals surface area contributed by atoms with Crippen LogP contribution in [0.25, 0.3) is 0 Å². The minimum Gasteiger partial charge on any atom is -0.339 e. The van der Waals surface area contributed by atoms with Gasteiger partial charge in [-0.1, -0.05) is 11.6 Å². The number of rotatable bonds is 3. The van der Waals surface area contributed by atoms with Crippen LogP contribution in [-0.4, -0.2) is 65.7 Å². The molecule has 1 aliphatic heterocycles. The maximum absolute atomic E-state index is 12.5. The van der Waals surface area contributed by atoms with Crippen LogP contribution in [0.5, 0.6) is 0 Å². The quantitative estimate of drug-likeness (QED) is 0.811. The molecule has 1 fully saturated rings. The number of aromatic nitrogens is 2. The van der Waals surface area contributed by atoms with Gasteiger partial charge < -0.3 is 4.90 Å². The summed E-state index contributed by atoms with van der Waals surface area (Å²) in [5.74, 6) is -0.0786. The molecule has 0 saturated carbocycles. The number of halogens is 1. The molecule has 2 heterocycles. The van der Waals surface area contributed by atoms with Crippen molar-refractivity contribution in [1.82, 2.24) is 19.0 Å². The van der Waals surface area contributed by atoms with Crippen molar-refractivity contribution in [2.24, 2.45) is 0 Å². The van der Waals surface area contributed by atoms with Gasteiger partial charge in [0.2, 0.25) is 15.9 Å². The van der Waals surface area contributed by atoms with Gasteiger partial charge in [0.1, 0.15) is 6.04 Å². The lowest BCUT2D eigenvalue weighted by molar-refractivity contribution is -0.134. The summed E-state index contributed by atoms with van der Waals surface area (Å²) in [6, 6.07) is -0.456. The SMILES string of the molecule is C[C@H](C(=O)N1CCCN(S(C)(=O)=O)CC1)n1cc(Cl)cn1. The van der Waals surface area contributed by atoms with E-state index in [1.807, 2.05) is 0 Å². The first-order valence-corrected chi connectivity index (χ1v) is 8.95. The van der Waals surface area contributed by atoms with E-state index in [-0.39, 0.29) is 5.91 Å². The molecule has 0 unspecified atom stereocenters. The second-order valence-electron chi connectivity index (χ2n) is 5.16. The van der Waals surface area contributed by atoms with Gasteiger partial charge >= 0.3 is 0 Å². The first-order valence-electron chi connectivity index (χ1n) is 6.72. The van der Waals surface area contributed by atoms with Crippen LogP contribution < -0.4 is 0 Å². The molecule has 1 saturated heterocycles. The number of hydrogen-bond donors (Lipinski definition) is 0. The number of sulfonamides is 1. The van der Waals surface area contributed by atoms with Crippen LogP contribution >= 0.6 is 11.6 Å². The van der Waals surface area contributed by atoms with Crippen molar-refractivity contribution >= 4 is 27.5 Å². The first-order chi connectivity index (χ1) is 9.79. The van der Waals surface area contributed by atoms with Gasteiger partial charge in [0.25, 0.3) is 0 Å². The molecular formula is C12H19ClN4O3S. The van der Waals surface area contributed by atoms with Crippen LogP contribution in [0, 0.1) is 0 Å². The molecule has 1 aromatic heterocycles. The molecule has 9 heteroatoms. The van der Waals surface area contributed by atoms with Gasteiger partial charge in [-0.2, -0.15) is 5.10 Å². The second kappa shape index (κ2) is 6.33. The number of carbonyl (C=O) groups is 1. The molecular weight excluding hydrogens is 316 g/mol. The zero-order valence-electron chi connectivity index (χ0n) is 12.1. The van der Waals surface area contributed by atoms with E-state index in [1.54, 1.807) is 18.0 Å². The Kier molecular flexibility index (Phi) is 4.90. The molecule has 0 radical (unpaired) electrons. The highest BCUT2D eigenvalue weighted by molar-refractivity contribution is 7.88. The van der Waals surface area contributed by atoms with Crippen LogP contribution in [0.3, 0.4) is 0 Å². The zero-order chi connectivity index (χ0) is 15.6. The van der Waals surface area contributed by atoms with E-state index in [9.17, 15) is 13.2 Å². The van der Waals surface area contributed by atoms with Crippen molar-refractivity contribution in [2.45, 2.75) is 19.4 Å². The van der Waals surface area contributed by atoms with E-state index in [1.165, 1.54) is 21.4 Å². The highest BCUT2D eigenvalue weighted by atomic mass is 35.5. The summed E-state index contributed by atoms with van der Waals surface area (Å²) < 4.78 is 26.1. The molecule has 118 valence electrons. The van der Waals surface area contributed by atoms with E-state index in [4.69, 9.17) is 11.6 Å². The Labute approximate surface area is 129 Å². The summed E-state index contributed by atoms with van der Waals surface area (Å²) in [7, 11) is -3.21. The Balaban J connectivity index is 2.03.